The third-order valence-electron chi connectivity index (χ3n) is 3.33. The first-order chi connectivity index (χ1) is 12.4. The number of rotatable bonds is 5. The van der Waals surface area contributed by atoms with Crippen molar-refractivity contribution < 1.29 is 12.8 Å². The van der Waals surface area contributed by atoms with Crippen LogP contribution < -0.4 is 0 Å². The van der Waals surface area contributed by atoms with E-state index in [1.165, 1.54) is 17.3 Å². The Hall–Kier alpha value is -2.71. The zero-order chi connectivity index (χ0) is 18.7. The van der Waals surface area contributed by atoms with E-state index in [4.69, 9.17) is 16.0 Å². The number of sulfonamides is 1. The molecule has 0 amide bonds. The third kappa shape index (κ3) is 3.92. The van der Waals surface area contributed by atoms with E-state index < -0.39 is 10.0 Å². The van der Waals surface area contributed by atoms with Crippen molar-refractivity contribution in [2.45, 2.75) is 4.90 Å². The standard InChI is InChI=1S/C17H15ClN4O3S/c1-22(2)11-19-26(23,24)15-6-4-3-5-14(15)17-21-20-16(25-17)12-7-9-13(18)10-8-12/h3-11H,1-2H3/b19-11-. The Morgan fingerprint density at radius 3 is 2.38 bits per heavy atom. The lowest BCUT2D eigenvalue weighted by Gasteiger charge is -2.06. The molecule has 3 rings (SSSR count). The van der Waals surface area contributed by atoms with E-state index in [2.05, 4.69) is 14.6 Å². The molecule has 0 saturated carbocycles. The van der Waals surface area contributed by atoms with Crippen molar-refractivity contribution in [3.8, 4) is 22.9 Å². The maximum absolute atomic E-state index is 12.5. The summed E-state index contributed by atoms with van der Waals surface area (Å²) in [4.78, 5) is 1.52. The molecule has 0 aliphatic rings. The average Bonchev–Trinajstić information content (AvgIpc) is 3.11. The quantitative estimate of drug-likeness (QED) is 0.490. The van der Waals surface area contributed by atoms with Crippen LogP contribution in [0.15, 0.2) is 62.2 Å². The number of benzene rings is 2. The largest absolute Gasteiger partial charge is 0.416 e. The molecule has 0 aliphatic carbocycles. The summed E-state index contributed by atoms with van der Waals surface area (Å²) < 4.78 is 34.4. The van der Waals surface area contributed by atoms with Crippen molar-refractivity contribution in [2.75, 3.05) is 14.1 Å². The van der Waals surface area contributed by atoms with Gasteiger partial charge in [-0.05, 0) is 36.4 Å². The molecule has 2 aromatic carbocycles. The van der Waals surface area contributed by atoms with Gasteiger partial charge in [-0.3, -0.25) is 0 Å². The average molecular weight is 391 g/mol. The molecule has 0 unspecified atom stereocenters. The van der Waals surface area contributed by atoms with Crippen LogP contribution in [0.1, 0.15) is 0 Å². The van der Waals surface area contributed by atoms with Crippen LogP contribution in [0.25, 0.3) is 22.9 Å². The van der Waals surface area contributed by atoms with E-state index in [0.29, 0.717) is 10.6 Å². The van der Waals surface area contributed by atoms with Gasteiger partial charge in [0.25, 0.3) is 10.0 Å². The second-order valence-electron chi connectivity index (χ2n) is 5.57. The van der Waals surface area contributed by atoms with Crippen molar-refractivity contribution in [3.63, 3.8) is 0 Å². The number of hydrogen-bond acceptors (Lipinski definition) is 5. The Bertz CT molecular complexity index is 1040. The molecular formula is C17H15ClN4O3S. The highest BCUT2D eigenvalue weighted by Gasteiger charge is 2.21. The zero-order valence-electron chi connectivity index (χ0n) is 14.0. The summed E-state index contributed by atoms with van der Waals surface area (Å²) in [6.45, 7) is 0. The number of aromatic nitrogens is 2. The van der Waals surface area contributed by atoms with Crippen LogP contribution in [0, 0.1) is 0 Å². The fraction of sp³-hybridized carbons (Fsp3) is 0.118. The molecule has 3 aromatic rings. The van der Waals surface area contributed by atoms with Gasteiger partial charge in [0.05, 0.1) is 5.56 Å². The van der Waals surface area contributed by atoms with Gasteiger partial charge in [-0.25, -0.2) is 0 Å². The lowest BCUT2D eigenvalue weighted by Crippen LogP contribution is -2.10. The second kappa shape index (κ2) is 7.27. The fourth-order valence-electron chi connectivity index (χ4n) is 2.12. The molecule has 0 fully saturated rings. The molecule has 9 heteroatoms. The highest BCUT2D eigenvalue weighted by atomic mass is 35.5. The van der Waals surface area contributed by atoms with Gasteiger partial charge >= 0.3 is 0 Å². The summed E-state index contributed by atoms with van der Waals surface area (Å²) in [6, 6.07) is 13.2. The Morgan fingerprint density at radius 1 is 1.04 bits per heavy atom. The monoisotopic (exact) mass is 390 g/mol. The van der Waals surface area contributed by atoms with E-state index in [-0.39, 0.29) is 22.2 Å². The van der Waals surface area contributed by atoms with Crippen LogP contribution in [0.5, 0.6) is 0 Å². The van der Waals surface area contributed by atoms with Crippen molar-refractivity contribution in [3.05, 3.63) is 53.6 Å². The first-order valence-electron chi connectivity index (χ1n) is 7.52. The van der Waals surface area contributed by atoms with Crippen LogP contribution >= 0.6 is 11.6 Å². The summed E-state index contributed by atoms with van der Waals surface area (Å²) in [7, 11) is -0.549. The Labute approximate surface area is 156 Å². The van der Waals surface area contributed by atoms with E-state index in [0.717, 1.165) is 0 Å². The lowest BCUT2D eigenvalue weighted by atomic mass is 10.2. The molecule has 0 spiro atoms. The topological polar surface area (TPSA) is 88.7 Å². The minimum atomic E-state index is -3.91. The van der Waals surface area contributed by atoms with Gasteiger partial charge in [0, 0.05) is 24.7 Å². The molecule has 0 saturated heterocycles. The third-order valence-corrected chi connectivity index (χ3v) is 4.86. The van der Waals surface area contributed by atoms with E-state index in [9.17, 15) is 8.42 Å². The first kappa shape index (κ1) is 18.1. The van der Waals surface area contributed by atoms with Crippen molar-refractivity contribution in [2.24, 2.45) is 4.40 Å². The molecule has 0 N–H and O–H groups in total. The number of hydrogen-bond donors (Lipinski definition) is 0. The molecule has 0 radical (unpaired) electrons. The first-order valence-corrected chi connectivity index (χ1v) is 9.34. The van der Waals surface area contributed by atoms with Crippen LogP contribution in [0.4, 0.5) is 0 Å². The van der Waals surface area contributed by atoms with E-state index >= 15 is 0 Å². The van der Waals surface area contributed by atoms with Gasteiger partial charge in [0.15, 0.2) is 0 Å². The van der Waals surface area contributed by atoms with Gasteiger partial charge in [-0.2, -0.15) is 8.42 Å². The molecule has 26 heavy (non-hydrogen) atoms. The number of halogens is 1. The smallest absolute Gasteiger partial charge is 0.284 e. The molecular weight excluding hydrogens is 376 g/mol. The maximum Gasteiger partial charge on any atom is 0.284 e. The van der Waals surface area contributed by atoms with E-state index in [1.807, 2.05) is 0 Å². The molecule has 1 heterocycles. The minimum absolute atomic E-state index is 0.00981. The van der Waals surface area contributed by atoms with Crippen molar-refractivity contribution >= 4 is 28.0 Å². The summed E-state index contributed by atoms with van der Waals surface area (Å²) in [5.74, 6) is 0.356. The lowest BCUT2D eigenvalue weighted by molar-refractivity contribution is 0.578. The fourth-order valence-corrected chi connectivity index (χ4v) is 3.36. The summed E-state index contributed by atoms with van der Waals surface area (Å²) in [5, 5.41) is 8.55. The Balaban J connectivity index is 2.03. The normalized spacial score (nSPS) is 11.8. The summed E-state index contributed by atoms with van der Waals surface area (Å²) >= 11 is 5.87. The van der Waals surface area contributed by atoms with Crippen LogP contribution in [-0.2, 0) is 10.0 Å². The molecule has 0 atom stereocenters. The highest BCUT2D eigenvalue weighted by Crippen LogP contribution is 2.30. The van der Waals surface area contributed by atoms with Crippen LogP contribution in [0.2, 0.25) is 5.02 Å². The van der Waals surface area contributed by atoms with E-state index in [1.54, 1.807) is 56.6 Å². The SMILES string of the molecule is CN(C)/C=N\S(=O)(=O)c1ccccc1-c1nnc(-c2ccc(Cl)cc2)o1. The van der Waals surface area contributed by atoms with Crippen LogP contribution in [-0.4, -0.2) is 43.9 Å². The second-order valence-corrected chi connectivity index (χ2v) is 7.61. The van der Waals surface area contributed by atoms with Gasteiger partial charge < -0.3 is 9.32 Å². The molecule has 0 aliphatic heterocycles. The predicted molar refractivity (Wildman–Crippen MR) is 99.5 cm³/mol. The predicted octanol–water partition coefficient (Wildman–Crippen LogP) is 3.34. The summed E-state index contributed by atoms with van der Waals surface area (Å²) in [5.41, 5.74) is 0.968. The summed E-state index contributed by atoms with van der Waals surface area (Å²) in [6.07, 6.45) is 1.22. The van der Waals surface area contributed by atoms with Crippen LogP contribution in [0.3, 0.4) is 0 Å². The Morgan fingerprint density at radius 2 is 1.69 bits per heavy atom. The molecule has 1 aromatic heterocycles. The van der Waals surface area contributed by atoms with Gasteiger partial charge in [0.2, 0.25) is 11.8 Å². The highest BCUT2D eigenvalue weighted by molar-refractivity contribution is 7.90. The van der Waals surface area contributed by atoms with Crippen molar-refractivity contribution in [1.29, 1.82) is 0 Å². The van der Waals surface area contributed by atoms with Gasteiger partial charge in [-0.1, -0.05) is 23.7 Å². The molecule has 7 nitrogen and oxygen atoms in total. The van der Waals surface area contributed by atoms with Crippen molar-refractivity contribution in [1.82, 2.24) is 15.1 Å². The maximum atomic E-state index is 12.5. The zero-order valence-corrected chi connectivity index (χ0v) is 15.6. The van der Waals surface area contributed by atoms with Gasteiger partial charge in [0.1, 0.15) is 11.2 Å². The Kier molecular flexibility index (Phi) is 5.06. The number of nitrogens with zero attached hydrogens (tertiary/aromatic N) is 4. The van der Waals surface area contributed by atoms with Gasteiger partial charge in [-0.15, -0.1) is 14.6 Å². The molecule has 134 valence electrons. The minimum Gasteiger partial charge on any atom is -0.416 e. The molecule has 0 bridgehead atoms.